The van der Waals surface area contributed by atoms with Gasteiger partial charge in [-0.15, -0.1) is 24.8 Å². The summed E-state index contributed by atoms with van der Waals surface area (Å²) in [5.74, 6) is 0.238. The van der Waals surface area contributed by atoms with Crippen LogP contribution in [0.25, 0.3) is 0 Å². The summed E-state index contributed by atoms with van der Waals surface area (Å²) in [5, 5.41) is 0. The van der Waals surface area contributed by atoms with Crippen molar-refractivity contribution in [2.45, 2.75) is 38.8 Å². The van der Waals surface area contributed by atoms with E-state index in [-0.39, 0.29) is 30.7 Å². The largest absolute Gasteiger partial charge is 0.399 e. The fraction of sp³-hybridized carbons (Fsp3) is 0.409. The highest BCUT2D eigenvalue weighted by Gasteiger charge is 2.23. The number of nitrogen functional groups attached to an aromatic ring is 1. The summed E-state index contributed by atoms with van der Waals surface area (Å²) in [7, 11) is 0. The molecule has 1 aliphatic heterocycles. The molecule has 154 valence electrons. The summed E-state index contributed by atoms with van der Waals surface area (Å²) in [5.41, 5.74) is 9.16. The van der Waals surface area contributed by atoms with E-state index in [4.69, 9.17) is 5.73 Å². The molecule has 28 heavy (non-hydrogen) atoms. The van der Waals surface area contributed by atoms with Gasteiger partial charge in [-0.3, -0.25) is 9.69 Å². The van der Waals surface area contributed by atoms with Crippen molar-refractivity contribution in [1.82, 2.24) is 9.80 Å². The molecule has 0 radical (unpaired) electrons. The first kappa shape index (κ1) is 24.3. The molecule has 0 bridgehead atoms. The molecule has 1 aliphatic rings. The molecule has 0 aliphatic carbocycles. The zero-order valence-corrected chi connectivity index (χ0v) is 18.1. The number of nitrogens with zero attached hydrogens (tertiary/aromatic N) is 2. The Hall–Kier alpha value is -1.75. The normalized spacial score (nSPS) is 17.2. The van der Waals surface area contributed by atoms with Crippen molar-refractivity contribution in [2.24, 2.45) is 0 Å². The Bertz CT molecular complexity index is 727. The van der Waals surface area contributed by atoms with Crippen molar-refractivity contribution in [2.75, 3.05) is 25.4 Å². The maximum Gasteiger partial charge on any atom is 0.222 e. The molecule has 0 spiro atoms. The lowest BCUT2D eigenvalue weighted by Gasteiger charge is -2.26. The number of halogens is 2. The lowest BCUT2D eigenvalue weighted by Crippen LogP contribution is -2.36. The number of nitrogens with two attached hydrogens (primary N) is 1. The first-order valence-electron chi connectivity index (χ1n) is 9.52. The minimum atomic E-state index is 0. The van der Waals surface area contributed by atoms with Crippen molar-refractivity contribution in [3.8, 4) is 0 Å². The van der Waals surface area contributed by atoms with E-state index in [1.165, 1.54) is 5.56 Å². The second-order valence-corrected chi connectivity index (χ2v) is 7.17. The molecular formula is C22H31Cl2N3O. The first-order chi connectivity index (χ1) is 12.6. The number of amides is 1. The molecule has 2 N–H and O–H groups in total. The highest BCUT2D eigenvalue weighted by atomic mass is 35.5. The second-order valence-electron chi connectivity index (χ2n) is 7.17. The number of aryl methyl sites for hydroxylation is 1. The molecule has 2 aromatic carbocycles. The predicted molar refractivity (Wildman–Crippen MR) is 121 cm³/mol. The molecule has 1 amide bonds. The average molecular weight is 424 g/mol. The number of para-hydroxylation sites is 1. The van der Waals surface area contributed by atoms with Gasteiger partial charge in [0.2, 0.25) is 5.91 Å². The molecule has 1 fully saturated rings. The van der Waals surface area contributed by atoms with Crippen LogP contribution in [0.3, 0.4) is 0 Å². The Labute approximate surface area is 180 Å². The van der Waals surface area contributed by atoms with Gasteiger partial charge in [-0.25, -0.2) is 0 Å². The van der Waals surface area contributed by atoms with Gasteiger partial charge in [-0.2, -0.15) is 0 Å². The standard InChI is InChI=1S/C22H29N3O.2ClH/c1-18-13-14-24(15-16-25(18)17-19-7-3-2-4-8-19)22(26)12-11-20-9-5-6-10-21(20)23;;/h2-10,18H,11-17,23H2,1H3;2*1H. The smallest absolute Gasteiger partial charge is 0.222 e. The molecule has 2 aromatic rings. The number of rotatable bonds is 5. The second kappa shape index (κ2) is 11.9. The highest BCUT2D eigenvalue weighted by molar-refractivity contribution is 5.85. The molecule has 4 nitrogen and oxygen atoms in total. The molecule has 0 saturated carbocycles. The van der Waals surface area contributed by atoms with Gasteiger partial charge in [0.1, 0.15) is 0 Å². The van der Waals surface area contributed by atoms with E-state index in [0.29, 0.717) is 18.9 Å². The zero-order valence-electron chi connectivity index (χ0n) is 16.4. The molecule has 1 unspecified atom stereocenters. The molecule has 0 aromatic heterocycles. The van der Waals surface area contributed by atoms with Crippen molar-refractivity contribution < 1.29 is 4.79 Å². The number of hydrogen-bond donors (Lipinski definition) is 1. The van der Waals surface area contributed by atoms with Crippen molar-refractivity contribution in [3.05, 3.63) is 65.7 Å². The van der Waals surface area contributed by atoms with Crippen LogP contribution in [0.15, 0.2) is 54.6 Å². The first-order valence-corrected chi connectivity index (χ1v) is 9.52. The van der Waals surface area contributed by atoms with Gasteiger partial charge in [0.25, 0.3) is 0 Å². The van der Waals surface area contributed by atoms with Crippen LogP contribution >= 0.6 is 24.8 Å². The lowest BCUT2D eigenvalue weighted by molar-refractivity contribution is -0.131. The summed E-state index contributed by atoms with van der Waals surface area (Å²) < 4.78 is 0. The Morgan fingerprint density at radius 2 is 1.68 bits per heavy atom. The average Bonchev–Trinajstić information content (AvgIpc) is 2.84. The van der Waals surface area contributed by atoms with Gasteiger partial charge in [-0.05, 0) is 37.0 Å². The fourth-order valence-electron chi connectivity index (χ4n) is 3.57. The van der Waals surface area contributed by atoms with Crippen molar-refractivity contribution in [1.29, 1.82) is 0 Å². The summed E-state index contributed by atoms with van der Waals surface area (Å²) in [6.45, 7) is 5.79. The topological polar surface area (TPSA) is 49.6 Å². The Morgan fingerprint density at radius 3 is 2.39 bits per heavy atom. The maximum absolute atomic E-state index is 12.7. The Kier molecular flexibility index (Phi) is 10.4. The highest BCUT2D eigenvalue weighted by Crippen LogP contribution is 2.17. The van der Waals surface area contributed by atoms with E-state index in [2.05, 4.69) is 42.2 Å². The molecular weight excluding hydrogens is 393 g/mol. The van der Waals surface area contributed by atoms with E-state index in [1.807, 2.05) is 29.2 Å². The molecule has 1 saturated heterocycles. The van der Waals surface area contributed by atoms with Crippen molar-refractivity contribution >= 4 is 36.4 Å². The van der Waals surface area contributed by atoms with Crippen LogP contribution in [0.5, 0.6) is 0 Å². The van der Waals surface area contributed by atoms with Gasteiger partial charge in [0, 0.05) is 44.3 Å². The van der Waals surface area contributed by atoms with Gasteiger partial charge in [0.15, 0.2) is 0 Å². The van der Waals surface area contributed by atoms with Crippen LogP contribution in [0, 0.1) is 0 Å². The van der Waals surface area contributed by atoms with E-state index >= 15 is 0 Å². The molecule has 3 rings (SSSR count). The Balaban J connectivity index is 0.00000196. The minimum Gasteiger partial charge on any atom is -0.399 e. The van der Waals surface area contributed by atoms with E-state index in [1.54, 1.807) is 0 Å². The minimum absolute atomic E-state index is 0. The van der Waals surface area contributed by atoms with Crippen LogP contribution in [-0.2, 0) is 17.8 Å². The summed E-state index contributed by atoms with van der Waals surface area (Å²) in [6, 6.07) is 18.9. The van der Waals surface area contributed by atoms with E-state index in [9.17, 15) is 4.79 Å². The SMILES string of the molecule is CC1CCN(C(=O)CCc2ccccc2N)CCN1Cc1ccccc1.Cl.Cl. The van der Waals surface area contributed by atoms with Gasteiger partial charge < -0.3 is 10.6 Å². The number of hydrogen-bond acceptors (Lipinski definition) is 3. The number of carbonyl (C=O) groups is 1. The fourth-order valence-corrected chi connectivity index (χ4v) is 3.57. The van der Waals surface area contributed by atoms with E-state index < -0.39 is 0 Å². The van der Waals surface area contributed by atoms with E-state index in [0.717, 1.165) is 43.9 Å². The van der Waals surface area contributed by atoms with Crippen LogP contribution in [0.1, 0.15) is 30.9 Å². The van der Waals surface area contributed by atoms with Crippen LogP contribution < -0.4 is 5.73 Å². The number of anilines is 1. The van der Waals surface area contributed by atoms with Crippen LogP contribution in [0.4, 0.5) is 5.69 Å². The third-order valence-electron chi connectivity index (χ3n) is 5.34. The van der Waals surface area contributed by atoms with Gasteiger partial charge >= 0.3 is 0 Å². The van der Waals surface area contributed by atoms with Crippen LogP contribution in [-0.4, -0.2) is 41.4 Å². The molecule has 6 heteroatoms. The predicted octanol–water partition coefficient (Wildman–Crippen LogP) is 4.17. The summed E-state index contributed by atoms with van der Waals surface area (Å²) in [4.78, 5) is 17.2. The molecule has 1 heterocycles. The maximum atomic E-state index is 12.7. The molecule has 1 atom stereocenters. The van der Waals surface area contributed by atoms with Crippen molar-refractivity contribution in [3.63, 3.8) is 0 Å². The quantitative estimate of drug-likeness (QED) is 0.733. The van der Waals surface area contributed by atoms with Gasteiger partial charge in [0.05, 0.1) is 0 Å². The third kappa shape index (κ3) is 6.69. The lowest BCUT2D eigenvalue weighted by atomic mass is 10.1. The third-order valence-corrected chi connectivity index (χ3v) is 5.34. The summed E-state index contributed by atoms with van der Waals surface area (Å²) in [6.07, 6.45) is 2.26. The summed E-state index contributed by atoms with van der Waals surface area (Å²) >= 11 is 0. The van der Waals surface area contributed by atoms with Crippen LogP contribution in [0.2, 0.25) is 0 Å². The number of carbonyl (C=O) groups excluding carboxylic acids is 1. The van der Waals surface area contributed by atoms with Gasteiger partial charge in [-0.1, -0.05) is 48.5 Å². The zero-order chi connectivity index (χ0) is 18.4. The Morgan fingerprint density at radius 1 is 1.00 bits per heavy atom. The monoisotopic (exact) mass is 423 g/mol. The number of benzene rings is 2.